The molecule has 3 nitrogen and oxygen atoms in total. The van der Waals surface area contributed by atoms with Gasteiger partial charge in [-0.2, -0.15) is 0 Å². The van der Waals surface area contributed by atoms with Crippen LogP contribution in [-0.2, 0) is 32.1 Å². The summed E-state index contributed by atoms with van der Waals surface area (Å²) in [5.74, 6) is 0. The summed E-state index contributed by atoms with van der Waals surface area (Å²) in [7, 11) is 3.57. The second-order valence-electron chi connectivity index (χ2n) is 0.771. The van der Waals surface area contributed by atoms with Crippen molar-refractivity contribution >= 4 is 8.60 Å². The van der Waals surface area contributed by atoms with Crippen LogP contribution in [0.3, 0.4) is 0 Å². The van der Waals surface area contributed by atoms with E-state index in [1.165, 1.54) is 0 Å². The Morgan fingerprint density at radius 2 is 1.12 bits per heavy atom. The van der Waals surface area contributed by atoms with Crippen molar-refractivity contribution in [3.05, 3.63) is 0 Å². The molecule has 49 valence electrons. The molecular weight excluding hydrogens is 166 g/mol. The van der Waals surface area contributed by atoms with Crippen LogP contribution in [0.1, 0.15) is 0 Å². The molecule has 0 heterocycles. The Hall–Kier alpha value is 0.894. The summed E-state index contributed by atoms with van der Waals surface area (Å²) in [6.07, 6.45) is 0. The Morgan fingerprint density at radius 1 is 0.875 bits per heavy atom. The summed E-state index contributed by atoms with van der Waals surface area (Å²) in [4.78, 5) is 0. The monoisotopic (exact) mass is 175 g/mol. The molecule has 1 radical (unpaired) electrons. The molecule has 0 aromatic heterocycles. The second-order valence-corrected chi connectivity index (χ2v) is 2.31. The van der Waals surface area contributed by atoms with Gasteiger partial charge in [-0.05, 0) is 0 Å². The first-order chi connectivity index (χ1) is 3.35. The van der Waals surface area contributed by atoms with Crippen LogP contribution in [-0.4, -0.2) is 21.3 Å². The number of hydrogen-bond acceptors (Lipinski definition) is 3. The van der Waals surface area contributed by atoms with Gasteiger partial charge in [0.05, 0.1) is 0 Å². The van der Waals surface area contributed by atoms with E-state index in [0.717, 1.165) is 0 Å². The van der Waals surface area contributed by atoms with Gasteiger partial charge >= 0.3 is 8.60 Å². The minimum Gasteiger partial charge on any atom is -0.316 e. The van der Waals surface area contributed by atoms with Crippen LogP contribution in [0.15, 0.2) is 0 Å². The van der Waals surface area contributed by atoms with E-state index in [9.17, 15) is 0 Å². The van der Waals surface area contributed by atoms with Crippen LogP contribution < -0.4 is 0 Å². The van der Waals surface area contributed by atoms with Crippen molar-refractivity contribution in [1.82, 2.24) is 0 Å². The van der Waals surface area contributed by atoms with Gasteiger partial charge in [0.25, 0.3) is 0 Å². The van der Waals surface area contributed by atoms with Gasteiger partial charge in [-0.3, -0.25) is 0 Å². The van der Waals surface area contributed by atoms with Gasteiger partial charge < -0.3 is 13.6 Å². The molecule has 0 aromatic carbocycles. The zero-order valence-corrected chi connectivity index (χ0v) is 7.41. The Bertz CT molecular complexity index is 36.0. The van der Waals surface area contributed by atoms with Gasteiger partial charge in [0.2, 0.25) is 0 Å². The topological polar surface area (TPSA) is 27.7 Å². The fourth-order valence-electron chi connectivity index (χ4n) is 0.224. The van der Waals surface area contributed by atoms with Crippen molar-refractivity contribution in [1.29, 1.82) is 0 Å². The van der Waals surface area contributed by atoms with Crippen LogP contribution >= 0.6 is 8.60 Å². The Labute approximate surface area is 62.6 Å². The molecule has 0 spiro atoms. The van der Waals surface area contributed by atoms with Crippen molar-refractivity contribution in [3.63, 3.8) is 0 Å². The van der Waals surface area contributed by atoms with Gasteiger partial charge in [0, 0.05) is 39.9 Å². The maximum absolute atomic E-state index is 4.67. The third-order valence-corrected chi connectivity index (χ3v) is 1.34. The maximum atomic E-state index is 4.67. The molecule has 0 amide bonds. The smallest absolute Gasteiger partial charge is 0.316 e. The summed E-state index contributed by atoms with van der Waals surface area (Å²) < 4.78 is 14.0. The molecule has 0 fully saturated rings. The molecule has 0 rings (SSSR count). The molecule has 0 atom stereocenters. The summed E-state index contributed by atoms with van der Waals surface area (Å²) in [5.41, 5.74) is 0. The van der Waals surface area contributed by atoms with Crippen molar-refractivity contribution in [2.24, 2.45) is 0 Å². The Morgan fingerprint density at radius 3 is 1.12 bits per heavy atom. The van der Waals surface area contributed by atoms with Crippen molar-refractivity contribution in [2.45, 2.75) is 0 Å². The summed E-state index contributed by atoms with van der Waals surface area (Å²) in [6, 6.07) is 0. The standard InChI is InChI=1S/C3H9O3P.V/c1-4-7(5-2)6-3;/h1-3H3;. The van der Waals surface area contributed by atoms with E-state index in [0.29, 0.717) is 0 Å². The molecule has 0 aromatic rings. The largest absolute Gasteiger partial charge is 0.331 e. The third kappa shape index (κ3) is 5.04. The van der Waals surface area contributed by atoms with E-state index in [2.05, 4.69) is 13.6 Å². The average molecular weight is 175 g/mol. The van der Waals surface area contributed by atoms with Gasteiger partial charge in [0.1, 0.15) is 0 Å². The molecule has 0 aliphatic heterocycles. The van der Waals surface area contributed by atoms with Crippen molar-refractivity contribution in [2.75, 3.05) is 21.3 Å². The fraction of sp³-hybridized carbons (Fsp3) is 1.00. The quantitative estimate of drug-likeness (QED) is 0.602. The molecule has 0 bridgehead atoms. The molecule has 0 saturated carbocycles. The number of rotatable bonds is 3. The minimum absolute atomic E-state index is 0. The van der Waals surface area contributed by atoms with E-state index in [-0.39, 0.29) is 18.6 Å². The SMILES string of the molecule is COP(OC)OC.[V]. The fourth-order valence-corrected chi connectivity index (χ4v) is 0.671. The predicted octanol–water partition coefficient (Wildman–Crippen LogP) is 1.15. The zero-order valence-electron chi connectivity index (χ0n) is 5.12. The molecule has 0 aliphatic rings. The molecule has 0 N–H and O–H groups in total. The van der Waals surface area contributed by atoms with Crippen LogP contribution in [0, 0.1) is 0 Å². The van der Waals surface area contributed by atoms with E-state index in [1.54, 1.807) is 21.3 Å². The van der Waals surface area contributed by atoms with Crippen molar-refractivity contribution in [3.8, 4) is 0 Å². The van der Waals surface area contributed by atoms with E-state index in [4.69, 9.17) is 0 Å². The van der Waals surface area contributed by atoms with Crippen LogP contribution in [0.2, 0.25) is 0 Å². The summed E-state index contributed by atoms with van der Waals surface area (Å²) in [6.45, 7) is 0. The van der Waals surface area contributed by atoms with Crippen LogP contribution in [0.25, 0.3) is 0 Å². The normalized spacial score (nSPS) is 9.00. The predicted molar refractivity (Wildman–Crippen MR) is 27.9 cm³/mol. The van der Waals surface area contributed by atoms with Gasteiger partial charge in [0.15, 0.2) is 0 Å². The number of hydrogen-bond donors (Lipinski definition) is 0. The first kappa shape index (κ1) is 11.7. The maximum Gasteiger partial charge on any atom is 0.331 e. The molecule has 0 saturated heterocycles. The summed E-state index contributed by atoms with van der Waals surface area (Å²) >= 11 is 0. The van der Waals surface area contributed by atoms with Gasteiger partial charge in [-0.15, -0.1) is 0 Å². The van der Waals surface area contributed by atoms with E-state index >= 15 is 0 Å². The Balaban J connectivity index is 0. The Kier molecular flexibility index (Phi) is 11.5. The zero-order chi connectivity index (χ0) is 5.70. The first-order valence-electron chi connectivity index (χ1n) is 1.77. The van der Waals surface area contributed by atoms with Crippen LogP contribution in [0.4, 0.5) is 0 Å². The van der Waals surface area contributed by atoms with Crippen LogP contribution in [0.5, 0.6) is 0 Å². The van der Waals surface area contributed by atoms with Crippen molar-refractivity contribution < 1.29 is 32.1 Å². The summed E-state index contributed by atoms with van der Waals surface area (Å²) in [5, 5.41) is 0. The molecular formula is C3H9O3PV. The molecule has 0 aliphatic carbocycles. The van der Waals surface area contributed by atoms with Gasteiger partial charge in [-0.25, -0.2) is 0 Å². The molecule has 8 heavy (non-hydrogen) atoms. The second kappa shape index (κ2) is 7.89. The molecule has 5 heteroatoms. The minimum atomic E-state index is -1.05. The first-order valence-corrected chi connectivity index (χ1v) is 2.87. The van der Waals surface area contributed by atoms with Gasteiger partial charge in [-0.1, -0.05) is 0 Å². The van der Waals surface area contributed by atoms with E-state index in [1.807, 2.05) is 0 Å². The average Bonchev–Trinajstić information content (AvgIpc) is 1.72. The molecule has 0 unspecified atom stereocenters. The third-order valence-electron chi connectivity index (χ3n) is 0.447. The van der Waals surface area contributed by atoms with E-state index < -0.39 is 8.60 Å².